The fourth-order valence-electron chi connectivity index (χ4n) is 4.38. The molecule has 8 heteroatoms. The molecule has 1 heterocycles. The Balaban J connectivity index is 1.56. The van der Waals surface area contributed by atoms with E-state index in [1.165, 1.54) is 16.4 Å². The van der Waals surface area contributed by atoms with Gasteiger partial charge in [0.25, 0.3) is 0 Å². The first kappa shape index (κ1) is 25.6. The van der Waals surface area contributed by atoms with Crippen molar-refractivity contribution in [2.45, 2.75) is 50.6 Å². The number of carbonyl (C=O) groups is 2. The monoisotopic (exact) mass is 505 g/mol. The molecule has 0 bridgehead atoms. The summed E-state index contributed by atoms with van der Waals surface area (Å²) in [6, 6.07) is 21.2. The van der Waals surface area contributed by atoms with Gasteiger partial charge in [0.15, 0.2) is 0 Å². The Morgan fingerprint density at radius 3 is 2.33 bits per heavy atom. The van der Waals surface area contributed by atoms with Crippen molar-refractivity contribution >= 4 is 27.5 Å². The van der Waals surface area contributed by atoms with E-state index in [0.29, 0.717) is 25.1 Å². The van der Waals surface area contributed by atoms with Gasteiger partial charge in [0, 0.05) is 31.6 Å². The lowest BCUT2D eigenvalue weighted by molar-refractivity contribution is -0.122. The van der Waals surface area contributed by atoms with Crippen molar-refractivity contribution in [3.05, 3.63) is 95.1 Å². The summed E-state index contributed by atoms with van der Waals surface area (Å²) in [4.78, 5) is 24.8. The second kappa shape index (κ2) is 11.1. The summed E-state index contributed by atoms with van der Waals surface area (Å²) < 4.78 is 28.8. The minimum Gasteiger partial charge on any atom is -0.352 e. The highest BCUT2D eigenvalue weighted by Gasteiger charge is 2.37. The lowest BCUT2D eigenvalue weighted by Gasteiger charge is -2.36. The maximum Gasteiger partial charge on any atom is 0.243 e. The first-order valence-corrected chi connectivity index (χ1v) is 13.5. The minimum absolute atomic E-state index is 0.0206. The van der Waals surface area contributed by atoms with Crippen molar-refractivity contribution in [2.75, 3.05) is 11.9 Å². The first-order chi connectivity index (χ1) is 17.3. The Morgan fingerprint density at radius 1 is 0.944 bits per heavy atom. The third-order valence-electron chi connectivity index (χ3n) is 6.42. The van der Waals surface area contributed by atoms with E-state index in [-0.39, 0.29) is 29.7 Å². The van der Waals surface area contributed by atoms with Gasteiger partial charge < -0.3 is 10.6 Å². The van der Waals surface area contributed by atoms with Crippen LogP contribution in [0.1, 0.15) is 48.1 Å². The second-order valence-corrected chi connectivity index (χ2v) is 10.9. The number of hydrogen-bond donors (Lipinski definition) is 2. The number of rotatable bonds is 8. The molecule has 2 N–H and O–H groups in total. The summed E-state index contributed by atoms with van der Waals surface area (Å²) in [5.74, 6) is -0.356. The molecule has 0 fully saturated rings. The molecule has 4 rings (SSSR count). The molecule has 1 aliphatic rings. The van der Waals surface area contributed by atoms with E-state index in [1.54, 1.807) is 19.1 Å². The van der Waals surface area contributed by atoms with Crippen LogP contribution in [0, 0.1) is 6.92 Å². The third-order valence-corrected chi connectivity index (χ3v) is 8.34. The van der Waals surface area contributed by atoms with Crippen molar-refractivity contribution in [3.8, 4) is 0 Å². The molecule has 0 spiro atoms. The van der Waals surface area contributed by atoms with E-state index >= 15 is 0 Å². The Morgan fingerprint density at radius 2 is 1.64 bits per heavy atom. The number of aryl methyl sites for hydroxylation is 1. The zero-order valence-electron chi connectivity index (χ0n) is 20.5. The number of benzene rings is 3. The topological polar surface area (TPSA) is 95.6 Å². The molecule has 2 amide bonds. The maximum absolute atomic E-state index is 13.7. The fraction of sp³-hybridized carbons (Fsp3) is 0.286. The van der Waals surface area contributed by atoms with Crippen molar-refractivity contribution < 1.29 is 18.0 Å². The van der Waals surface area contributed by atoms with Gasteiger partial charge in [0.2, 0.25) is 21.8 Å². The predicted octanol–water partition coefficient (Wildman–Crippen LogP) is 4.34. The molecule has 0 aromatic heterocycles. The largest absolute Gasteiger partial charge is 0.352 e. The Hall–Kier alpha value is -3.49. The van der Waals surface area contributed by atoms with Gasteiger partial charge >= 0.3 is 0 Å². The van der Waals surface area contributed by atoms with E-state index < -0.39 is 16.1 Å². The smallest absolute Gasteiger partial charge is 0.243 e. The van der Waals surface area contributed by atoms with Crippen LogP contribution in [0.5, 0.6) is 0 Å². The molecule has 1 aliphatic heterocycles. The summed E-state index contributed by atoms with van der Waals surface area (Å²) in [6.45, 7) is 4.42. The molecule has 3 aromatic rings. The zero-order chi connectivity index (χ0) is 25.7. The van der Waals surface area contributed by atoms with Gasteiger partial charge in [-0.1, -0.05) is 61.0 Å². The molecule has 1 atom stereocenters. The predicted molar refractivity (Wildman–Crippen MR) is 140 cm³/mol. The molecular formula is C28H31N3O4S. The van der Waals surface area contributed by atoms with Crippen LogP contribution in [-0.2, 0) is 32.6 Å². The standard InChI is InChI=1S/C28H31N3O4S/c1-3-27(32)30-23-12-14-24(15-13-23)36(34,35)31-17-16-22-6-4-5-7-25(22)26(31)18-28(33)29-19-21-10-8-20(2)9-11-21/h4-15,26H,3,16-19H2,1-2H3,(H,29,33)(H,30,32)/t26-/m0/s1. The number of amides is 2. The molecule has 0 aliphatic carbocycles. The molecule has 0 radical (unpaired) electrons. The lowest BCUT2D eigenvalue weighted by Crippen LogP contribution is -2.42. The highest BCUT2D eigenvalue weighted by atomic mass is 32.2. The zero-order valence-corrected chi connectivity index (χ0v) is 21.3. The summed E-state index contributed by atoms with van der Waals surface area (Å²) in [6.07, 6.45) is 0.926. The van der Waals surface area contributed by atoms with Gasteiger partial charge in [0.05, 0.1) is 10.9 Å². The van der Waals surface area contributed by atoms with E-state index in [4.69, 9.17) is 0 Å². The van der Waals surface area contributed by atoms with Crippen LogP contribution in [0.15, 0.2) is 77.7 Å². The number of anilines is 1. The molecule has 0 saturated carbocycles. The van der Waals surface area contributed by atoms with Crippen LogP contribution >= 0.6 is 0 Å². The van der Waals surface area contributed by atoms with Crippen LogP contribution in [0.2, 0.25) is 0 Å². The quantitative estimate of drug-likeness (QED) is 0.476. The number of carbonyl (C=O) groups excluding carboxylic acids is 2. The van der Waals surface area contributed by atoms with Crippen LogP contribution in [0.25, 0.3) is 0 Å². The average molecular weight is 506 g/mol. The maximum atomic E-state index is 13.7. The van der Waals surface area contributed by atoms with Gasteiger partial charge in [-0.05, 0) is 54.3 Å². The average Bonchev–Trinajstić information content (AvgIpc) is 2.88. The molecule has 3 aromatic carbocycles. The van der Waals surface area contributed by atoms with Gasteiger partial charge in [-0.3, -0.25) is 9.59 Å². The fourth-order valence-corrected chi connectivity index (χ4v) is 5.98. The Labute approximate surface area is 212 Å². The van der Waals surface area contributed by atoms with E-state index in [0.717, 1.165) is 22.3 Å². The second-order valence-electron chi connectivity index (χ2n) is 8.97. The van der Waals surface area contributed by atoms with Gasteiger partial charge in [-0.2, -0.15) is 4.31 Å². The normalized spacial score (nSPS) is 15.7. The summed E-state index contributed by atoms with van der Waals surface area (Å²) in [5, 5.41) is 5.67. The summed E-state index contributed by atoms with van der Waals surface area (Å²) >= 11 is 0. The van der Waals surface area contributed by atoms with Gasteiger partial charge in [-0.25, -0.2) is 8.42 Å². The Kier molecular flexibility index (Phi) is 7.86. The number of sulfonamides is 1. The van der Waals surface area contributed by atoms with Crippen molar-refractivity contribution in [1.82, 2.24) is 9.62 Å². The number of nitrogens with zero attached hydrogens (tertiary/aromatic N) is 1. The van der Waals surface area contributed by atoms with E-state index in [2.05, 4.69) is 10.6 Å². The Bertz CT molecular complexity index is 1340. The van der Waals surface area contributed by atoms with Crippen molar-refractivity contribution in [3.63, 3.8) is 0 Å². The van der Waals surface area contributed by atoms with Crippen LogP contribution < -0.4 is 10.6 Å². The SMILES string of the molecule is CCC(=O)Nc1ccc(S(=O)(=O)N2CCc3ccccc3[C@@H]2CC(=O)NCc2ccc(C)cc2)cc1. The summed E-state index contributed by atoms with van der Waals surface area (Å²) in [5.41, 5.74) is 4.57. The van der Waals surface area contributed by atoms with Crippen LogP contribution in [0.4, 0.5) is 5.69 Å². The van der Waals surface area contributed by atoms with E-state index in [9.17, 15) is 18.0 Å². The highest BCUT2D eigenvalue weighted by molar-refractivity contribution is 7.89. The van der Waals surface area contributed by atoms with Gasteiger partial charge in [0.1, 0.15) is 0 Å². The van der Waals surface area contributed by atoms with Crippen LogP contribution in [0.3, 0.4) is 0 Å². The molecule has 188 valence electrons. The molecule has 7 nitrogen and oxygen atoms in total. The number of fused-ring (bicyclic) bond motifs is 1. The lowest BCUT2D eigenvalue weighted by atomic mass is 9.92. The minimum atomic E-state index is -3.88. The van der Waals surface area contributed by atoms with Crippen LogP contribution in [-0.4, -0.2) is 31.1 Å². The molecule has 0 saturated heterocycles. The van der Waals surface area contributed by atoms with E-state index in [1.807, 2.05) is 55.5 Å². The molecular weight excluding hydrogens is 474 g/mol. The molecule has 36 heavy (non-hydrogen) atoms. The van der Waals surface area contributed by atoms with Crippen molar-refractivity contribution in [1.29, 1.82) is 0 Å². The van der Waals surface area contributed by atoms with Crippen molar-refractivity contribution in [2.24, 2.45) is 0 Å². The number of nitrogens with one attached hydrogen (secondary N) is 2. The van der Waals surface area contributed by atoms with Gasteiger partial charge in [-0.15, -0.1) is 0 Å². The third kappa shape index (κ3) is 5.83. The first-order valence-electron chi connectivity index (χ1n) is 12.1. The number of hydrogen-bond acceptors (Lipinski definition) is 4. The summed E-state index contributed by atoms with van der Waals surface area (Å²) in [7, 11) is -3.88. The highest BCUT2D eigenvalue weighted by Crippen LogP contribution is 2.36. The molecule has 0 unspecified atom stereocenters.